The number of aromatic nitrogens is 1. The highest BCUT2D eigenvalue weighted by molar-refractivity contribution is 5.86. The number of benzene rings is 2. The summed E-state index contributed by atoms with van der Waals surface area (Å²) in [5.41, 5.74) is 8.88. The summed E-state index contributed by atoms with van der Waals surface area (Å²) in [6.07, 6.45) is 3.46. The molecule has 7 heteroatoms. The van der Waals surface area contributed by atoms with Crippen LogP contribution in [-0.4, -0.2) is 32.0 Å². The Bertz CT molecular complexity index is 1070. The molecule has 0 radical (unpaired) electrons. The average molecular weight is 402 g/mol. The van der Waals surface area contributed by atoms with E-state index in [1.54, 1.807) is 42.7 Å². The van der Waals surface area contributed by atoms with E-state index in [9.17, 15) is 15.0 Å². The summed E-state index contributed by atoms with van der Waals surface area (Å²) in [5, 5.41) is 20.5. The van der Waals surface area contributed by atoms with Crippen LogP contribution in [0.2, 0.25) is 0 Å². The normalized spacial score (nSPS) is 25.5. The predicted octanol–water partition coefficient (Wildman–Crippen LogP) is 2.41. The van der Waals surface area contributed by atoms with Crippen LogP contribution in [-0.2, 0) is 11.3 Å². The molecular weight excluding hydrogens is 380 g/mol. The number of para-hydroxylation sites is 1. The number of aromatic hydroxyl groups is 2. The van der Waals surface area contributed by atoms with Gasteiger partial charge in [-0.2, -0.15) is 0 Å². The van der Waals surface area contributed by atoms with Gasteiger partial charge < -0.3 is 15.1 Å². The second kappa shape index (κ2) is 7.44. The smallest absolute Gasteiger partial charge is 0.242 e. The van der Waals surface area contributed by atoms with Crippen LogP contribution in [0.15, 0.2) is 73.1 Å². The van der Waals surface area contributed by atoms with Gasteiger partial charge in [0, 0.05) is 30.4 Å². The monoisotopic (exact) mass is 402 g/mol. The number of hydrazine groups is 1. The molecule has 0 bridgehead atoms. The molecule has 2 aromatic carbocycles. The minimum atomic E-state index is -0.446. The lowest BCUT2D eigenvalue weighted by Gasteiger charge is -2.31. The highest BCUT2D eigenvalue weighted by Gasteiger charge is 2.55. The zero-order valence-electron chi connectivity index (χ0n) is 16.1. The second-order valence-corrected chi connectivity index (χ2v) is 7.75. The molecule has 0 saturated carbocycles. The number of fused-ring (bicyclic) bond motifs is 1. The number of pyridine rings is 1. The van der Waals surface area contributed by atoms with E-state index in [0.29, 0.717) is 6.54 Å². The molecule has 3 heterocycles. The number of carbonyl (C=O) groups excluding carboxylic acids is 1. The minimum Gasteiger partial charge on any atom is -0.508 e. The zero-order valence-corrected chi connectivity index (χ0v) is 16.1. The minimum absolute atomic E-state index is 0.0254. The molecule has 30 heavy (non-hydrogen) atoms. The molecule has 2 aliphatic heterocycles. The van der Waals surface area contributed by atoms with Crippen molar-refractivity contribution in [3.05, 3.63) is 89.7 Å². The third-order valence-corrected chi connectivity index (χ3v) is 5.97. The first-order valence-corrected chi connectivity index (χ1v) is 9.91. The van der Waals surface area contributed by atoms with Crippen LogP contribution in [0.25, 0.3) is 0 Å². The molecule has 4 unspecified atom stereocenters. The van der Waals surface area contributed by atoms with E-state index < -0.39 is 6.04 Å². The predicted molar refractivity (Wildman–Crippen MR) is 110 cm³/mol. The van der Waals surface area contributed by atoms with Crippen molar-refractivity contribution in [3.63, 3.8) is 0 Å². The number of nitrogens with zero attached hydrogens (tertiary/aromatic N) is 2. The summed E-state index contributed by atoms with van der Waals surface area (Å²) in [4.78, 5) is 19.4. The molecule has 3 aromatic rings. The fourth-order valence-electron chi connectivity index (χ4n) is 4.69. The molecule has 1 aromatic heterocycles. The van der Waals surface area contributed by atoms with E-state index in [0.717, 1.165) is 16.7 Å². The summed E-state index contributed by atoms with van der Waals surface area (Å²) in [6.45, 7) is 0.412. The number of hydrogen-bond acceptors (Lipinski definition) is 6. The SMILES string of the molecule is O=C1C2NNC(c3ccccc3O)C2C(c2cccc(O)c2)N1Cc1cccnc1. The van der Waals surface area contributed by atoms with Gasteiger partial charge in [-0.25, -0.2) is 10.9 Å². The quantitative estimate of drug-likeness (QED) is 0.535. The molecule has 1 amide bonds. The van der Waals surface area contributed by atoms with Gasteiger partial charge >= 0.3 is 0 Å². The number of amides is 1. The summed E-state index contributed by atoms with van der Waals surface area (Å²) in [7, 11) is 0. The first-order chi connectivity index (χ1) is 14.6. The first-order valence-electron chi connectivity index (χ1n) is 9.91. The maximum Gasteiger partial charge on any atom is 0.242 e. The van der Waals surface area contributed by atoms with Crippen LogP contribution in [0.3, 0.4) is 0 Å². The highest BCUT2D eigenvalue weighted by atomic mass is 16.3. The van der Waals surface area contributed by atoms with Crippen molar-refractivity contribution in [2.24, 2.45) is 5.92 Å². The summed E-state index contributed by atoms with van der Waals surface area (Å²) in [5.74, 6) is 0.139. The Balaban J connectivity index is 1.59. The van der Waals surface area contributed by atoms with Crippen LogP contribution in [0, 0.1) is 5.92 Å². The van der Waals surface area contributed by atoms with Gasteiger partial charge in [0.2, 0.25) is 5.91 Å². The van der Waals surface area contributed by atoms with Gasteiger partial charge in [-0.3, -0.25) is 9.78 Å². The lowest BCUT2D eigenvalue weighted by Crippen LogP contribution is -2.41. The van der Waals surface area contributed by atoms with Gasteiger partial charge in [-0.1, -0.05) is 36.4 Å². The van der Waals surface area contributed by atoms with Gasteiger partial charge in [0.05, 0.1) is 12.1 Å². The van der Waals surface area contributed by atoms with Crippen molar-refractivity contribution in [2.75, 3.05) is 0 Å². The third-order valence-electron chi connectivity index (χ3n) is 5.97. The van der Waals surface area contributed by atoms with Crippen LogP contribution in [0.4, 0.5) is 0 Å². The molecule has 2 aliphatic rings. The zero-order chi connectivity index (χ0) is 20.7. The van der Waals surface area contributed by atoms with E-state index in [1.807, 2.05) is 35.2 Å². The Morgan fingerprint density at radius 2 is 1.80 bits per heavy atom. The number of phenolic OH excluding ortho intramolecular Hbond substituents is 2. The maximum absolute atomic E-state index is 13.4. The fourth-order valence-corrected chi connectivity index (χ4v) is 4.69. The first kappa shape index (κ1) is 18.6. The molecule has 0 spiro atoms. The molecule has 152 valence electrons. The molecule has 0 aliphatic carbocycles. The van der Waals surface area contributed by atoms with E-state index in [1.165, 1.54) is 0 Å². The molecule has 4 atom stereocenters. The van der Waals surface area contributed by atoms with Gasteiger partial charge in [-0.15, -0.1) is 0 Å². The van der Waals surface area contributed by atoms with Gasteiger partial charge in [-0.05, 0) is 35.4 Å². The van der Waals surface area contributed by atoms with Crippen LogP contribution < -0.4 is 10.9 Å². The molecule has 2 saturated heterocycles. The Morgan fingerprint density at radius 1 is 0.967 bits per heavy atom. The van der Waals surface area contributed by atoms with E-state index >= 15 is 0 Å². The van der Waals surface area contributed by atoms with Crippen molar-refractivity contribution in [1.29, 1.82) is 0 Å². The van der Waals surface area contributed by atoms with Crippen molar-refractivity contribution in [2.45, 2.75) is 24.7 Å². The number of carbonyl (C=O) groups is 1. The van der Waals surface area contributed by atoms with Crippen molar-refractivity contribution in [3.8, 4) is 11.5 Å². The number of likely N-dealkylation sites (tertiary alicyclic amines) is 1. The Kier molecular flexibility index (Phi) is 4.61. The number of nitrogens with one attached hydrogen (secondary N) is 2. The summed E-state index contributed by atoms with van der Waals surface area (Å²) >= 11 is 0. The standard InChI is InChI=1S/C23H22N4O3/c28-16-7-3-6-15(11-16)22-19-20(17-8-1-2-9-18(17)29)25-26-21(19)23(30)27(22)13-14-5-4-10-24-12-14/h1-12,19-22,25-26,28-29H,13H2. The number of hydrogen-bond donors (Lipinski definition) is 4. The van der Waals surface area contributed by atoms with Crippen LogP contribution in [0.5, 0.6) is 11.5 Å². The molecule has 5 rings (SSSR count). The van der Waals surface area contributed by atoms with Gasteiger partial charge in [0.25, 0.3) is 0 Å². The Morgan fingerprint density at radius 3 is 2.57 bits per heavy atom. The largest absolute Gasteiger partial charge is 0.508 e. The Labute approximate surface area is 174 Å². The number of phenols is 2. The van der Waals surface area contributed by atoms with Crippen molar-refractivity contribution in [1.82, 2.24) is 20.7 Å². The lowest BCUT2D eigenvalue weighted by atomic mass is 9.83. The van der Waals surface area contributed by atoms with Crippen molar-refractivity contribution < 1.29 is 15.0 Å². The van der Waals surface area contributed by atoms with E-state index in [4.69, 9.17) is 0 Å². The third kappa shape index (κ3) is 3.08. The second-order valence-electron chi connectivity index (χ2n) is 7.75. The molecular formula is C23H22N4O3. The lowest BCUT2D eigenvalue weighted by molar-refractivity contribution is -0.131. The topological polar surface area (TPSA) is 97.7 Å². The van der Waals surface area contributed by atoms with Crippen molar-refractivity contribution >= 4 is 5.91 Å². The number of rotatable bonds is 4. The maximum atomic E-state index is 13.4. The van der Waals surface area contributed by atoms with Gasteiger partial charge in [0.15, 0.2) is 0 Å². The van der Waals surface area contributed by atoms with Gasteiger partial charge in [0.1, 0.15) is 17.5 Å². The molecule has 7 nitrogen and oxygen atoms in total. The Hall–Kier alpha value is -3.42. The summed E-state index contributed by atoms with van der Waals surface area (Å²) < 4.78 is 0. The van der Waals surface area contributed by atoms with Crippen LogP contribution in [0.1, 0.15) is 28.8 Å². The average Bonchev–Trinajstić information content (AvgIpc) is 3.29. The van der Waals surface area contributed by atoms with E-state index in [-0.39, 0.29) is 35.4 Å². The van der Waals surface area contributed by atoms with Crippen LogP contribution >= 0.6 is 0 Å². The molecule has 4 N–H and O–H groups in total. The fraction of sp³-hybridized carbons (Fsp3) is 0.217. The highest BCUT2D eigenvalue weighted by Crippen LogP contribution is 2.49. The van der Waals surface area contributed by atoms with E-state index in [2.05, 4.69) is 15.8 Å². The molecule has 2 fully saturated rings. The summed E-state index contributed by atoms with van der Waals surface area (Å²) in [6, 6.07) is 17.0.